The van der Waals surface area contributed by atoms with E-state index in [1.807, 2.05) is 18.2 Å². The summed E-state index contributed by atoms with van der Waals surface area (Å²) in [5.74, 6) is 0.325. The molecular weight excluding hydrogens is 332 g/mol. The van der Waals surface area contributed by atoms with Crippen LogP contribution < -0.4 is 0 Å². The first-order valence-corrected chi connectivity index (χ1v) is 8.39. The second kappa shape index (κ2) is 6.51. The van der Waals surface area contributed by atoms with Crippen LogP contribution in [-0.2, 0) is 19.4 Å². The quantitative estimate of drug-likeness (QED) is 0.401. The number of hydrogen-bond acceptors (Lipinski definition) is 5. The topological polar surface area (TPSA) is 90.9 Å². The summed E-state index contributed by atoms with van der Waals surface area (Å²) < 4.78 is 1.46. The third-order valence-corrected chi connectivity index (χ3v) is 4.58. The summed E-state index contributed by atoms with van der Waals surface area (Å²) in [7, 11) is 0. The third kappa shape index (κ3) is 3.11. The standard InChI is InChI=1S/C19H16N4O3/c24-18(15-8-7-13-3-1-4-14(13)9-15)11-22-12-20-19(21-22)16-5-2-6-17(10-16)23(25)26/h2,5-10,12H,1,3-4,11H2. The molecule has 0 fully saturated rings. The number of aryl methyl sites for hydroxylation is 2. The van der Waals surface area contributed by atoms with Gasteiger partial charge >= 0.3 is 0 Å². The van der Waals surface area contributed by atoms with Crippen molar-refractivity contribution in [1.29, 1.82) is 0 Å². The van der Waals surface area contributed by atoms with E-state index in [0.717, 1.165) is 19.3 Å². The van der Waals surface area contributed by atoms with E-state index in [1.54, 1.807) is 12.1 Å². The molecule has 2 aromatic carbocycles. The second-order valence-corrected chi connectivity index (χ2v) is 6.33. The highest BCUT2D eigenvalue weighted by molar-refractivity contribution is 5.96. The van der Waals surface area contributed by atoms with Crippen LogP contribution in [0.5, 0.6) is 0 Å². The van der Waals surface area contributed by atoms with E-state index in [4.69, 9.17) is 0 Å². The highest BCUT2D eigenvalue weighted by atomic mass is 16.6. The van der Waals surface area contributed by atoms with E-state index in [1.165, 1.54) is 34.3 Å². The summed E-state index contributed by atoms with van der Waals surface area (Å²) in [6.07, 6.45) is 4.72. The van der Waals surface area contributed by atoms with Crippen LogP contribution in [0.1, 0.15) is 27.9 Å². The molecule has 0 N–H and O–H groups in total. The monoisotopic (exact) mass is 348 g/mol. The number of nitrogens with zero attached hydrogens (tertiary/aromatic N) is 4. The molecule has 0 unspecified atom stereocenters. The van der Waals surface area contributed by atoms with Crippen LogP contribution in [0, 0.1) is 10.1 Å². The Labute approximate surface area is 149 Å². The number of carbonyl (C=O) groups is 1. The summed E-state index contributed by atoms with van der Waals surface area (Å²) in [5, 5.41) is 15.2. The Kier molecular flexibility index (Phi) is 4.04. The molecule has 0 saturated carbocycles. The number of carbonyl (C=O) groups excluding carboxylic acids is 1. The largest absolute Gasteiger partial charge is 0.292 e. The van der Waals surface area contributed by atoms with Crippen LogP contribution in [0.15, 0.2) is 48.8 Å². The van der Waals surface area contributed by atoms with Crippen molar-refractivity contribution in [2.75, 3.05) is 0 Å². The Morgan fingerprint density at radius 1 is 1.15 bits per heavy atom. The van der Waals surface area contributed by atoms with Gasteiger partial charge in [0.25, 0.3) is 5.69 Å². The second-order valence-electron chi connectivity index (χ2n) is 6.33. The van der Waals surface area contributed by atoms with Crippen LogP contribution in [0.3, 0.4) is 0 Å². The zero-order chi connectivity index (χ0) is 18.1. The molecule has 7 heteroatoms. The molecule has 0 saturated heterocycles. The van der Waals surface area contributed by atoms with E-state index >= 15 is 0 Å². The van der Waals surface area contributed by atoms with Crippen molar-refractivity contribution in [3.05, 3.63) is 75.6 Å². The smallest absolute Gasteiger partial charge is 0.270 e. The average molecular weight is 348 g/mol. The fraction of sp³-hybridized carbons (Fsp3) is 0.211. The highest BCUT2D eigenvalue weighted by Crippen LogP contribution is 2.23. The maximum atomic E-state index is 12.5. The zero-order valence-electron chi connectivity index (χ0n) is 14.0. The van der Waals surface area contributed by atoms with Crippen molar-refractivity contribution in [3.8, 4) is 11.4 Å². The minimum absolute atomic E-state index is 0.0203. The molecule has 7 nitrogen and oxygen atoms in total. The number of benzene rings is 2. The molecule has 4 rings (SSSR count). The molecule has 1 heterocycles. The molecule has 1 aliphatic rings. The third-order valence-electron chi connectivity index (χ3n) is 4.58. The minimum atomic E-state index is -0.460. The van der Waals surface area contributed by atoms with E-state index < -0.39 is 4.92 Å². The lowest BCUT2D eigenvalue weighted by Gasteiger charge is -2.04. The van der Waals surface area contributed by atoms with Gasteiger partial charge in [-0.3, -0.25) is 14.9 Å². The number of nitro benzene ring substituents is 1. The molecule has 1 aromatic heterocycles. The molecule has 130 valence electrons. The highest BCUT2D eigenvalue weighted by Gasteiger charge is 2.15. The Morgan fingerprint density at radius 2 is 2.00 bits per heavy atom. The zero-order valence-corrected chi connectivity index (χ0v) is 14.0. The van der Waals surface area contributed by atoms with Gasteiger partial charge in [-0.25, -0.2) is 9.67 Å². The van der Waals surface area contributed by atoms with E-state index in [9.17, 15) is 14.9 Å². The van der Waals surface area contributed by atoms with Gasteiger partial charge in [0, 0.05) is 23.3 Å². The Bertz CT molecular complexity index is 1010. The maximum Gasteiger partial charge on any atom is 0.270 e. The molecule has 1 aliphatic carbocycles. The van der Waals surface area contributed by atoms with Crippen molar-refractivity contribution in [2.24, 2.45) is 0 Å². The van der Waals surface area contributed by atoms with Crippen molar-refractivity contribution >= 4 is 11.5 Å². The predicted octanol–water partition coefficient (Wildman–Crippen LogP) is 3.22. The number of fused-ring (bicyclic) bond motifs is 1. The number of rotatable bonds is 5. The lowest BCUT2D eigenvalue weighted by atomic mass is 10.0. The van der Waals surface area contributed by atoms with Gasteiger partial charge in [-0.1, -0.05) is 24.3 Å². The van der Waals surface area contributed by atoms with Gasteiger partial charge in [0.05, 0.1) is 4.92 Å². The number of nitro groups is 1. The summed E-state index contributed by atoms with van der Waals surface area (Å²) in [6.45, 7) is 0.0840. The molecule has 26 heavy (non-hydrogen) atoms. The fourth-order valence-electron chi connectivity index (χ4n) is 3.25. The summed E-state index contributed by atoms with van der Waals surface area (Å²) in [5.41, 5.74) is 3.79. The van der Waals surface area contributed by atoms with Crippen molar-refractivity contribution < 1.29 is 9.72 Å². The van der Waals surface area contributed by atoms with Crippen LogP contribution in [0.2, 0.25) is 0 Å². The Morgan fingerprint density at radius 3 is 2.85 bits per heavy atom. The van der Waals surface area contributed by atoms with Gasteiger partial charge in [0.15, 0.2) is 11.6 Å². The number of non-ortho nitro benzene ring substituents is 1. The van der Waals surface area contributed by atoms with Gasteiger partial charge in [0.1, 0.15) is 12.9 Å². The fourth-order valence-corrected chi connectivity index (χ4v) is 3.25. The van der Waals surface area contributed by atoms with Crippen LogP contribution >= 0.6 is 0 Å². The van der Waals surface area contributed by atoms with E-state index in [2.05, 4.69) is 10.1 Å². The number of ketones is 1. The maximum absolute atomic E-state index is 12.5. The molecule has 3 aromatic rings. The van der Waals surface area contributed by atoms with Gasteiger partial charge in [-0.05, 0) is 36.5 Å². The van der Waals surface area contributed by atoms with Crippen molar-refractivity contribution in [2.45, 2.75) is 25.8 Å². The van der Waals surface area contributed by atoms with Crippen LogP contribution in [-0.4, -0.2) is 25.5 Å². The van der Waals surface area contributed by atoms with E-state index in [-0.39, 0.29) is 18.0 Å². The first-order chi connectivity index (χ1) is 12.6. The molecule has 0 radical (unpaired) electrons. The van der Waals surface area contributed by atoms with Gasteiger partial charge in [-0.2, -0.15) is 5.10 Å². The number of Topliss-reactive ketones (excluding diaryl/α,β-unsaturated/α-hetero) is 1. The van der Waals surface area contributed by atoms with Crippen molar-refractivity contribution in [1.82, 2.24) is 14.8 Å². The van der Waals surface area contributed by atoms with E-state index in [0.29, 0.717) is 17.0 Å². The molecule has 0 spiro atoms. The van der Waals surface area contributed by atoms with Crippen LogP contribution in [0.4, 0.5) is 5.69 Å². The molecule has 0 bridgehead atoms. The van der Waals surface area contributed by atoms with Gasteiger partial charge in [-0.15, -0.1) is 0 Å². The first kappa shape index (κ1) is 16.1. The van der Waals surface area contributed by atoms with Crippen molar-refractivity contribution in [3.63, 3.8) is 0 Å². The molecule has 0 aliphatic heterocycles. The van der Waals surface area contributed by atoms with Gasteiger partial charge in [0.2, 0.25) is 0 Å². The SMILES string of the molecule is O=C(Cn1cnc(-c2cccc([N+](=O)[O-])c2)n1)c1ccc2c(c1)CCC2. The Hall–Kier alpha value is -3.35. The summed E-state index contributed by atoms with van der Waals surface area (Å²) in [6, 6.07) is 12.0. The summed E-state index contributed by atoms with van der Waals surface area (Å²) in [4.78, 5) is 27.1. The molecule has 0 atom stereocenters. The predicted molar refractivity (Wildman–Crippen MR) is 94.9 cm³/mol. The lowest BCUT2D eigenvalue weighted by Crippen LogP contribution is -2.11. The Balaban J connectivity index is 1.52. The average Bonchev–Trinajstić information content (AvgIpc) is 3.30. The summed E-state index contributed by atoms with van der Waals surface area (Å²) >= 11 is 0. The first-order valence-electron chi connectivity index (χ1n) is 8.39. The van der Waals surface area contributed by atoms with Crippen LogP contribution in [0.25, 0.3) is 11.4 Å². The minimum Gasteiger partial charge on any atom is -0.292 e. The van der Waals surface area contributed by atoms with Gasteiger partial charge < -0.3 is 0 Å². The molecule has 0 amide bonds. The number of hydrogen-bond donors (Lipinski definition) is 0. The molecular formula is C19H16N4O3. The number of aromatic nitrogens is 3. The normalized spacial score (nSPS) is 12.8. The lowest BCUT2D eigenvalue weighted by molar-refractivity contribution is -0.384.